The Labute approximate surface area is 189 Å². The van der Waals surface area contributed by atoms with Crippen LogP contribution in [0.3, 0.4) is 0 Å². The van der Waals surface area contributed by atoms with Gasteiger partial charge in [0.15, 0.2) is 5.82 Å². The number of nitrogens with two attached hydrogens (primary N) is 2. The number of aromatic amines is 1. The van der Waals surface area contributed by atoms with Crippen molar-refractivity contribution >= 4 is 35.2 Å². The third kappa shape index (κ3) is 5.26. The van der Waals surface area contributed by atoms with Gasteiger partial charge in [0.05, 0.1) is 10.5 Å². The number of nitrogens with zero attached hydrogens (tertiary/aromatic N) is 4. The van der Waals surface area contributed by atoms with Crippen LogP contribution in [-0.2, 0) is 6.18 Å². The number of ether oxygens (including phenoxy) is 1. The molecular weight excluding hydrogens is 457 g/mol. The van der Waals surface area contributed by atoms with Gasteiger partial charge in [-0.1, -0.05) is 6.07 Å². The minimum atomic E-state index is -4.44. The Kier molecular flexibility index (Phi) is 5.96. The van der Waals surface area contributed by atoms with Gasteiger partial charge in [-0.3, -0.25) is 0 Å². The van der Waals surface area contributed by atoms with Crippen molar-refractivity contribution in [3.8, 4) is 23.0 Å². The Morgan fingerprint density at radius 3 is 2.58 bits per heavy atom. The Morgan fingerprint density at radius 1 is 1.03 bits per heavy atom. The van der Waals surface area contributed by atoms with Crippen molar-refractivity contribution < 1.29 is 17.9 Å². The fourth-order valence-electron chi connectivity index (χ4n) is 2.88. The molecule has 6 N–H and O–H groups in total. The standard InChI is InChI=1S/C20H17F3N8OS/c1-33-14-7-10(5-6-13(14)32-16-9-15(24)27-18(25)28-16)17-29-19(31-30-17)26-12-4-2-3-11(8-12)20(21,22)23/h2-9H,1H3,(H4,24,25,27,28)(H2,26,29,30,31). The number of halogens is 3. The predicted molar refractivity (Wildman–Crippen MR) is 119 cm³/mol. The zero-order chi connectivity index (χ0) is 23.6. The fourth-order valence-corrected chi connectivity index (χ4v) is 3.44. The number of nitrogen functional groups attached to an aromatic ring is 2. The number of hydrogen-bond acceptors (Lipinski definition) is 9. The second-order valence-electron chi connectivity index (χ2n) is 6.68. The highest BCUT2D eigenvalue weighted by Crippen LogP contribution is 2.35. The van der Waals surface area contributed by atoms with Gasteiger partial charge >= 0.3 is 6.18 Å². The first-order chi connectivity index (χ1) is 15.7. The number of alkyl halides is 3. The van der Waals surface area contributed by atoms with Gasteiger partial charge in [0.1, 0.15) is 11.6 Å². The molecule has 0 amide bonds. The molecule has 0 aliphatic carbocycles. The summed E-state index contributed by atoms with van der Waals surface area (Å²) in [4.78, 5) is 11.5. The maximum Gasteiger partial charge on any atom is 0.416 e. The maximum absolute atomic E-state index is 12.9. The van der Waals surface area contributed by atoms with Gasteiger partial charge in [-0.2, -0.15) is 23.1 Å². The summed E-state index contributed by atoms with van der Waals surface area (Å²) in [6.45, 7) is 0. The van der Waals surface area contributed by atoms with E-state index in [1.807, 2.05) is 12.3 Å². The fraction of sp³-hybridized carbons (Fsp3) is 0.100. The van der Waals surface area contributed by atoms with Crippen LogP contribution in [0.25, 0.3) is 11.4 Å². The number of benzene rings is 2. The summed E-state index contributed by atoms with van der Waals surface area (Å²) in [6, 6.07) is 11.5. The molecule has 0 radical (unpaired) electrons. The molecule has 0 unspecified atom stereocenters. The van der Waals surface area contributed by atoms with E-state index in [0.717, 1.165) is 17.0 Å². The molecule has 0 saturated carbocycles. The van der Waals surface area contributed by atoms with Crippen molar-refractivity contribution in [2.24, 2.45) is 0 Å². The van der Waals surface area contributed by atoms with Gasteiger partial charge in [-0.05, 0) is 42.7 Å². The summed E-state index contributed by atoms with van der Waals surface area (Å²) in [6.07, 6.45) is -2.57. The van der Waals surface area contributed by atoms with Crippen molar-refractivity contribution in [3.63, 3.8) is 0 Å². The highest BCUT2D eigenvalue weighted by molar-refractivity contribution is 7.98. The minimum Gasteiger partial charge on any atom is -0.438 e. The lowest BCUT2D eigenvalue weighted by Gasteiger charge is -2.10. The summed E-state index contributed by atoms with van der Waals surface area (Å²) in [7, 11) is 0. The third-order valence-electron chi connectivity index (χ3n) is 4.33. The zero-order valence-electron chi connectivity index (χ0n) is 17.0. The third-order valence-corrected chi connectivity index (χ3v) is 5.09. The van der Waals surface area contributed by atoms with Crippen LogP contribution in [0.2, 0.25) is 0 Å². The van der Waals surface area contributed by atoms with E-state index in [2.05, 4.69) is 30.5 Å². The van der Waals surface area contributed by atoms with Crippen LogP contribution in [-0.4, -0.2) is 31.4 Å². The molecule has 0 aliphatic rings. The molecule has 0 aliphatic heterocycles. The summed E-state index contributed by atoms with van der Waals surface area (Å²) in [5.41, 5.74) is 11.4. The van der Waals surface area contributed by atoms with E-state index in [0.29, 0.717) is 17.1 Å². The topological polar surface area (TPSA) is 141 Å². The second kappa shape index (κ2) is 8.86. The predicted octanol–water partition coefficient (Wildman–Crippen LogP) is 4.70. The average Bonchev–Trinajstić information content (AvgIpc) is 3.21. The molecule has 0 atom stereocenters. The van der Waals surface area contributed by atoms with Crippen LogP contribution in [0.5, 0.6) is 11.6 Å². The normalized spacial score (nSPS) is 11.4. The summed E-state index contributed by atoms with van der Waals surface area (Å²) in [5, 5.41) is 10.8. The van der Waals surface area contributed by atoms with Crippen LogP contribution in [0.15, 0.2) is 53.4 Å². The van der Waals surface area contributed by atoms with Crippen LogP contribution >= 0.6 is 11.8 Å². The number of hydrogen-bond donors (Lipinski definition) is 4. The Bertz CT molecular complexity index is 1270. The van der Waals surface area contributed by atoms with Gasteiger partial charge in [0, 0.05) is 17.3 Å². The maximum atomic E-state index is 12.9. The van der Waals surface area contributed by atoms with E-state index in [4.69, 9.17) is 16.2 Å². The van der Waals surface area contributed by atoms with Gasteiger partial charge in [-0.15, -0.1) is 22.0 Å². The molecule has 0 spiro atoms. The minimum absolute atomic E-state index is 0.00483. The molecule has 0 fully saturated rings. The molecule has 0 saturated heterocycles. The number of rotatable bonds is 6. The second-order valence-corrected chi connectivity index (χ2v) is 7.53. The number of thioether (sulfide) groups is 1. The lowest BCUT2D eigenvalue weighted by atomic mass is 10.2. The van der Waals surface area contributed by atoms with E-state index in [-0.39, 0.29) is 29.3 Å². The monoisotopic (exact) mass is 474 g/mol. The number of aromatic nitrogens is 5. The number of anilines is 4. The van der Waals surface area contributed by atoms with Crippen molar-refractivity contribution in [2.45, 2.75) is 11.1 Å². The van der Waals surface area contributed by atoms with Gasteiger partial charge in [0.25, 0.3) is 0 Å². The molecule has 170 valence electrons. The van der Waals surface area contributed by atoms with Crippen LogP contribution in [0.1, 0.15) is 5.56 Å². The zero-order valence-corrected chi connectivity index (χ0v) is 17.8. The van der Waals surface area contributed by atoms with Crippen molar-refractivity contribution in [1.29, 1.82) is 0 Å². The van der Waals surface area contributed by atoms with Crippen LogP contribution < -0.4 is 21.5 Å². The van der Waals surface area contributed by atoms with Crippen molar-refractivity contribution in [1.82, 2.24) is 25.1 Å². The molecule has 4 rings (SSSR count). The summed E-state index contributed by atoms with van der Waals surface area (Å²) in [5.74, 6) is 1.52. The van der Waals surface area contributed by atoms with Gasteiger partial charge < -0.3 is 26.5 Å². The van der Waals surface area contributed by atoms with Crippen molar-refractivity contribution in [3.05, 3.63) is 54.1 Å². The largest absolute Gasteiger partial charge is 0.438 e. The smallest absolute Gasteiger partial charge is 0.416 e. The van der Waals surface area contributed by atoms with Crippen molar-refractivity contribution in [2.75, 3.05) is 23.0 Å². The van der Waals surface area contributed by atoms with Crippen LogP contribution in [0, 0.1) is 0 Å². The van der Waals surface area contributed by atoms with E-state index in [1.54, 1.807) is 12.1 Å². The van der Waals surface area contributed by atoms with Gasteiger partial charge in [0.2, 0.25) is 17.8 Å². The summed E-state index contributed by atoms with van der Waals surface area (Å²) < 4.78 is 44.5. The molecule has 9 nitrogen and oxygen atoms in total. The Balaban J connectivity index is 1.54. The SMILES string of the molecule is CSc1cc(-c2nnc(Nc3cccc(C(F)(F)F)c3)[nH]2)ccc1Oc1cc(N)nc(N)n1. The lowest BCUT2D eigenvalue weighted by Crippen LogP contribution is -2.05. The molecule has 4 aromatic rings. The van der Waals surface area contributed by atoms with E-state index in [9.17, 15) is 13.2 Å². The highest BCUT2D eigenvalue weighted by Gasteiger charge is 2.30. The molecule has 33 heavy (non-hydrogen) atoms. The van der Waals surface area contributed by atoms with E-state index in [1.165, 1.54) is 30.0 Å². The first-order valence-electron chi connectivity index (χ1n) is 9.34. The number of nitrogens with one attached hydrogen (secondary N) is 2. The molecular formula is C20H17F3N8OS. The van der Waals surface area contributed by atoms with Crippen LogP contribution in [0.4, 0.5) is 36.6 Å². The van der Waals surface area contributed by atoms with Gasteiger partial charge in [-0.25, -0.2) is 0 Å². The molecule has 2 aromatic carbocycles. The molecule has 0 bridgehead atoms. The quantitative estimate of drug-likeness (QED) is 0.293. The Morgan fingerprint density at radius 2 is 1.85 bits per heavy atom. The summed E-state index contributed by atoms with van der Waals surface area (Å²) >= 11 is 1.43. The first kappa shape index (κ1) is 22.2. The number of H-pyrrole nitrogens is 1. The highest BCUT2D eigenvalue weighted by atomic mass is 32.2. The van der Waals surface area contributed by atoms with E-state index >= 15 is 0 Å². The molecule has 2 heterocycles. The first-order valence-corrected chi connectivity index (χ1v) is 10.6. The lowest BCUT2D eigenvalue weighted by molar-refractivity contribution is -0.137. The average molecular weight is 474 g/mol. The van der Waals surface area contributed by atoms with E-state index < -0.39 is 11.7 Å². The molecule has 13 heteroatoms. The molecule has 2 aromatic heterocycles. The Hall–Kier alpha value is -4.00.